The molecule has 4 aromatic heterocycles. The molecule has 5 heterocycles. The van der Waals surface area contributed by atoms with Crippen molar-refractivity contribution in [2.75, 3.05) is 22.9 Å². The second kappa shape index (κ2) is 8.27. The Hall–Kier alpha value is -3.99. The Morgan fingerprint density at radius 3 is 3.00 bits per heavy atom. The van der Waals surface area contributed by atoms with Crippen LogP contribution in [0.2, 0.25) is 0 Å². The van der Waals surface area contributed by atoms with Crippen molar-refractivity contribution < 1.29 is 9.53 Å². The highest BCUT2D eigenvalue weighted by Gasteiger charge is 2.33. The molecule has 0 bridgehead atoms. The molecule has 32 heavy (non-hydrogen) atoms. The van der Waals surface area contributed by atoms with Crippen LogP contribution in [-0.4, -0.2) is 47.9 Å². The van der Waals surface area contributed by atoms with Crippen molar-refractivity contribution in [1.29, 1.82) is 0 Å². The Kier molecular flexibility index (Phi) is 5.15. The number of pyridine rings is 1. The van der Waals surface area contributed by atoms with E-state index in [0.29, 0.717) is 35.5 Å². The summed E-state index contributed by atoms with van der Waals surface area (Å²) in [4.78, 5) is 25.6. The van der Waals surface area contributed by atoms with Gasteiger partial charge in [0.15, 0.2) is 0 Å². The van der Waals surface area contributed by atoms with E-state index in [1.807, 2.05) is 36.0 Å². The molecule has 0 saturated carbocycles. The molecule has 0 spiro atoms. The molecule has 5 rings (SSSR count). The predicted octanol–water partition coefficient (Wildman–Crippen LogP) is 2.34. The fourth-order valence-electron chi connectivity index (χ4n) is 3.93. The van der Waals surface area contributed by atoms with E-state index in [1.165, 1.54) is 6.33 Å². The smallest absolute Gasteiger partial charge is 0.254 e. The number of hydrogen-bond acceptors (Lipinski definition) is 8. The SMILES string of the molecule is CCNc1ccnc(NC(=O)C2CCC(n3cc(-n4cccn4)c4c(N)ncnc43)O2)c1. The van der Waals surface area contributed by atoms with Crippen molar-refractivity contribution in [1.82, 2.24) is 29.3 Å². The maximum Gasteiger partial charge on any atom is 0.254 e. The van der Waals surface area contributed by atoms with Crippen LogP contribution in [0, 0.1) is 0 Å². The summed E-state index contributed by atoms with van der Waals surface area (Å²) in [5, 5.41) is 11.0. The summed E-state index contributed by atoms with van der Waals surface area (Å²) in [7, 11) is 0. The van der Waals surface area contributed by atoms with Gasteiger partial charge in [-0.05, 0) is 31.9 Å². The first kappa shape index (κ1) is 19.9. The monoisotopic (exact) mass is 433 g/mol. The van der Waals surface area contributed by atoms with Crippen LogP contribution in [0.25, 0.3) is 16.7 Å². The van der Waals surface area contributed by atoms with E-state index in [-0.39, 0.29) is 12.1 Å². The maximum atomic E-state index is 12.8. The van der Waals surface area contributed by atoms with Crippen molar-refractivity contribution in [3.8, 4) is 5.69 Å². The summed E-state index contributed by atoms with van der Waals surface area (Å²) >= 11 is 0. The van der Waals surface area contributed by atoms with Crippen LogP contribution in [0.4, 0.5) is 17.3 Å². The molecular formula is C21H23N9O2. The maximum absolute atomic E-state index is 12.8. The molecule has 4 N–H and O–H groups in total. The third kappa shape index (κ3) is 3.62. The highest BCUT2D eigenvalue weighted by molar-refractivity contribution is 5.95. The third-order valence-corrected chi connectivity index (χ3v) is 5.36. The standard InChI is InChI=1S/C21H23N9O2/c1-2-23-13-6-8-24-16(10-13)28-21(31)15-4-5-17(32-15)29-11-14(30-9-3-7-27-30)18-19(22)25-12-26-20(18)29/h3,6-12,15,17H,2,4-5H2,1H3,(H2,22,25,26)(H2,23,24,28,31). The van der Waals surface area contributed by atoms with Crippen LogP contribution in [0.3, 0.4) is 0 Å². The number of amides is 1. The molecule has 1 fully saturated rings. The Morgan fingerprint density at radius 1 is 1.28 bits per heavy atom. The number of nitrogen functional groups attached to an aromatic ring is 1. The number of carbonyl (C=O) groups is 1. The minimum absolute atomic E-state index is 0.230. The number of hydrogen-bond donors (Lipinski definition) is 3. The zero-order chi connectivity index (χ0) is 22.1. The first-order valence-corrected chi connectivity index (χ1v) is 10.4. The lowest BCUT2D eigenvalue weighted by atomic mass is 10.2. The number of fused-ring (bicyclic) bond motifs is 1. The summed E-state index contributed by atoms with van der Waals surface area (Å²) in [6.07, 6.45) is 8.72. The van der Waals surface area contributed by atoms with Gasteiger partial charge in [0.05, 0.1) is 11.1 Å². The fraction of sp³-hybridized carbons (Fsp3) is 0.286. The molecule has 0 radical (unpaired) electrons. The van der Waals surface area contributed by atoms with Gasteiger partial charge in [0, 0.05) is 43.1 Å². The molecule has 0 aromatic carbocycles. The lowest BCUT2D eigenvalue weighted by molar-refractivity contribution is -0.128. The van der Waals surface area contributed by atoms with Crippen LogP contribution in [-0.2, 0) is 9.53 Å². The van der Waals surface area contributed by atoms with Crippen molar-refractivity contribution in [3.05, 3.63) is 49.3 Å². The highest BCUT2D eigenvalue weighted by Crippen LogP contribution is 2.35. The van der Waals surface area contributed by atoms with Gasteiger partial charge in [-0.2, -0.15) is 5.10 Å². The quantitative estimate of drug-likeness (QED) is 0.421. The fourth-order valence-corrected chi connectivity index (χ4v) is 3.93. The summed E-state index contributed by atoms with van der Waals surface area (Å²) in [6, 6.07) is 5.47. The molecule has 11 heteroatoms. The number of nitrogens with zero attached hydrogens (tertiary/aromatic N) is 6. The molecule has 2 unspecified atom stereocenters. The number of nitrogens with one attached hydrogen (secondary N) is 2. The summed E-state index contributed by atoms with van der Waals surface area (Å²) in [5.74, 6) is 0.609. The van der Waals surface area contributed by atoms with E-state index in [1.54, 1.807) is 23.1 Å². The average Bonchev–Trinajstić information content (AvgIpc) is 3.53. The van der Waals surface area contributed by atoms with Crippen LogP contribution in [0.15, 0.2) is 49.3 Å². The molecule has 4 aromatic rings. The van der Waals surface area contributed by atoms with Crippen molar-refractivity contribution in [3.63, 3.8) is 0 Å². The number of rotatable bonds is 6. The molecular weight excluding hydrogens is 410 g/mol. The first-order chi connectivity index (χ1) is 15.6. The van der Waals surface area contributed by atoms with Gasteiger partial charge in [-0.15, -0.1) is 0 Å². The zero-order valence-corrected chi connectivity index (χ0v) is 17.5. The lowest BCUT2D eigenvalue weighted by Gasteiger charge is -2.16. The van der Waals surface area contributed by atoms with Gasteiger partial charge in [0.1, 0.15) is 35.9 Å². The minimum atomic E-state index is -0.602. The van der Waals surface area contributed by atoms with Crippen LogP contribution < -0.4 is 16.4 Å². The number of carbonyl (C=O) groups excluding carboxylic acids is 1. The van der Waals surface area contributed by atoms with Crippen molar-refractivity contribution >= 4 is 34.3 Å². The largest absolute Gasteiger partial charge is 0.385 e. The molecule has 11 nitrogen and oxygen atoms in total. The molecule has 1 aliphatic rings. The zero-order valence-electron chi connectivity index (χ0n) is 17.5. The topological polar surface area (TPSA) is 138 Å². The van der Waals surface area contributed by atoms with Gasteiger partial charge in [-0.1, -0.05) is 0 Å². The van der Waals surface area contributed by atoms with Gasteiger partial charge < -0.3 is 25.7 Å². The van der Waals surface area contributed by atoms with Gasteiger partial charge in [0.25, 0.3) is 5.91 Å². The Morgan fingerprint density at radius 2 is 2.19 bits per heavy atom. The van der Waals surface area contributed by atoms with Crippen molar-refractivity contribution in [2.24, 2.45) is 0 Å². The summed E-state index contributed by atoms with van der Waals surface area (Å²) in [6.45, 7) is 2.79. The Bertz CT molecular complexity index is 1250. The number of nitrogens with two attached hydrogens (primary N) is 1. The van der Waals surface area contributed by atoms with E-state index >= 15 is 0 Å². The van der Waals surface area contributed by atoms with Crippen LogP contribution >= 0.6 is 0 Å². The van der Waals surface area contributed by atoms with E-state index < -0.39 is 6.10 Å². The molecule has 0 aliphatic carbocycles. The number of ether oxygens (including phenoxy) is 1. The number of anilines is 3. The van der Waals surface area contributed by atoms with E-state index in [4.69, 9.17) is 10.5 Å². The minimum Gasteiger partial charge on any atom is -0.385 e. The van der Waals surface area contributed by atoms with Crippen LogP contribution in [0.5, 0.6) is 0 Å². The first-order valence-electron chi connectivity index (χ1n) is 10.4. The average molecular weight is 433 g/mol. The predicted molar refractivity (Wildman–Crippen MR) is 119 cm³/mol. The number of aromatic nitrogens is 6. The normalized spacial score (nSPS) is 18.2. The summed E-state index contributed by atoms with van der Waals surface area (Å²) in [5.41, 5.74) is 8.43. The van der Waals surface area contributed by atoms with E-state index in [2.05, 4.69) is 30.7 Å². The van der Waals surface area contributed by atoms with E-state index in [9.17, 15) is 4.79 Å². The molecule has 2 atom stereocenters. The van der Waals surface area contributed by atoms with Gasteiger partial charge in [-0.3, -0.25) is 4.79 Å². The third-order valence-electron chi connectivity index (χ3n) is 5.36. The van der Waals surface area contributed by atoms with Gasteiger partial charge >= 0.3 is 0 Å². The Labute approximate surface area is 183 Å². The molecule has 164 valence electrons. The molecule has 1 aliphatic heterocycles. The van der Waals surface area contributed by atoms with Gasteiger partial charge in [0.2, 0.25) is 0 Å². The second-order valence-corrected chi connectivity index (χ2v) is 7.44. The lowest BCUT2D eigenvalue weighted by Crippen LogP contribution is -2.28. The van der Waals surface area contributed by atoms with E-state index in [0.717, 1.165) is 17.9 Å². The van der Waals surface area contributed by atoms with Crippen molar-refractivity contribution in [2.45, 2.75) is 32.1 Å². The Balaban J connectivity index is 1.37. The second-order valence-electron chi connectivity index (χ2n) is 7.44. The molecule has 1 amide bonds. The van der Waals surface area contributed by atoms with Crippen LogP contribution in [0.1, 0.15) is 26.0 Å². The van der Waals surface area contributed by atoms with Gasteiger partial charge in [-0.25, -0.2) is 19.6 Å². The summed E-state index contributed by atoms with van der Waals surface area (Å²) < 4.78 is 9.71. The molecule has 1 saturated heterocycles. The highest BCUT2D eigenvalue weighted by atomic mass is 16.5.